The van der Waals surface area contributed by atoms with Crippen molar-refractivity contribution in [1.82, 2.24) is 14.7 Å². The van der Waals surface area contributed by atoms with Gasteiger partial charge in [-0.15, -0.1) is 0 Å². The first-order valence-electron chi connectivity index (χ1n) is 8.92. The molecule has 0 heterocycles. The molecule has 0 aliphatic rings. The molecule has 0 aromatic rings. The molecule has 0 saturated heterocycles. The summed E-state index contributed by atoms with van der Waals surface area (Å²) >= 11 is 0. The average molecular weight is 332 g/mol. The third-order valence-electron chi connectivity index (χ3n) is 3.95. The molecular formula is C17H41N3OSi. The van der Waals surface area contributed by atoms with E-state index in [2.05, 4.69) is 62.9 Å². The molecule has 0 fully saturated rings. The van der Waals surface area contributed by atoms with Gasteiger partial charge in [0.05, 0.1) is 0 Å². The van der Waals surface area contributed by atoms with Gasteiger partial charge in [0.15, 0.2) is 8.32 Å². The van der Waals surface area contributed by atoms with E-state index >= 15 is 0 Å². The van der Waals surface area contributed by atoms with Crippen LogP contribution in [0.25, 0.3) is 0 Å². The van der Waals surface area contributed by atoms with Crippen molar-refractivity contribution in [3.8, 4) is 0 Å². The summed E-state index contributed by atoms with van der Waals surface area (Å²) in [7, 11) is 7.23. The van der Waals surface area contributed by atoms with Crippen LogP contribution in [0.3, 0.4) is 0 Å². The van der Waals surface area contributed by atoms with Crippen molar-refractivity contribution in [2.75, 3.05) is 67.5 Å². The van der Waals surface area contributed by atoms with Gasteiger partial charge < -0.3 is 19.1 Å². The van der Waals surface area contributed by atoms with Gasteiger partial charge in [-0.25, -0.2) is 0 Å². The van der Waals surface area contributed by atoms with Crippen LogP contribution in [0.15, 0.2) is 0 Å². The van der Waals surface area contributed by atoms with Crippen LogP contribution in [-0.4, -0.2) is 90.5 Å². The minimum Gasteiger partial charge on any atom is -0.418 e. The van der Waals surface area contributed by atoms with E-state index in [1.54, 1.807) is 0 Å². The lowest BCUT2D eigenvalue weighted by Crippen LogP contribution is -2.34. The molecular weight excluding hydrogens is 290 g/mol. The standard InChI is InChI=1S/C17H41N3OSi/c1-8-21-22(6,7)17-11-16-20(14-9-12-18(2)3)15-10-13-19(4)5/h8-17H2,1-7H3. The molecule has 0 amide bonds. The fourth-order valence-electron chi connectivity index (χ4n) is 2.75. The molecule has 134 valence electrons. The van der Waals surface area contributed by atoms with Crippen molar-refractivity contribution in [3.05, 3.63) is 0 Å². The van der Waals surface area contributed by atoms with E-state index in [4.69, 9.17) is 4.43 Å². The Hall–Kier alpha value is 0.0569. The van der Waals surface area contributed by atoms with Crippen molar-refractivity contribution in [1.29, 1.82) is 0 Å². The molecule has 0 atom stereocenters. The SMILES string of the molecule is CCO[Si](C)(C)CCCN(CCCN(C)C)CCCN(C)C. The van der Waals surface area contributed by atoms with E-state index in [1.807, 2.05) is 0 Å². The van der Waals surface area contributed by atoms with E-state index in [9.17, 15) is 0 Å². The van der Waals surface area contributed by atoms with Crippen LogP contribution >= 0.6 is 0 Å². The first-order valence-corrected chi connectivity index (χ1v) is 12.0. The van der Waals surface area contributed by atoms with Crippen molar-refractivity contribution >= 4 is 8.32 Å². The number of rotatable bonds is 14. The van der Waals surface area contributed by atoms with Crippen LogP contribution in [0.1, 0.15) is 26.2 Å². The predicted octanol–water partition coefficient (Wildman–Crippen LogP) is 2.82. The summed E-state index contributed by atoms with van der Waals surface area (Å²) in [5.41, 5.74) is 0. The smallest absolute Gasteiger partial charge is 0.186 e. The highest BCUT2D eigenvalue weighted by Crippen LogP contribution is 2.14. The molecule has 5 heteroatoms. The van der Waals surface area contributed by atoms with Gasteiger partial charge in [0.2, 0.25) is 0 Å². The topological polar surface area (TPSA) is 19.0 Å². The van der Waals surface area contributed by atoms with E-state index in [0.29, 0.717) is 0 Å². The lowest BCUT2D eigenvalue weighted by Gasteiger charge is -2.26. The molecule has 0 radical (unpaired) electrons. The Labute approximate surface area is 140 Å². The van der Waals surface area contributed by atoms with Crippen LogP contribution in [0, 0.1) is 0 Å². The van der Waals surface area contributed by atoms with E-state index in [1.165, 1.54) is 58.0 Å². The number of hydrogen-bond acceptors (Lipinski definition) is 4. The van der Waals surface area contributed by atoms with Crippen LogP contribution in [0.4, 0.5) is 0 Å². The van der Waals surface area contributed by atoms with E-state index in [-0.39, 0.29) is 0 Å². The summed E-state index contributed by atoms with van der Waals surface area (Å²) in [6, 6.07) is 1.28. The Bertz CT molecular complexity index is 246. The third kappa shape index (κ3) is 13.7. The molecule has 22 heavy (non-hydrogen) atoms. The fourth-order valence-corrected chi connectivity index (χ4v) is 4.68. The molecule has 0 bridgehead atoms. The number of hydrogen-bond donors (Lipinski definition) is 0. The zero-order valence-corrected chi connectivity index (χ0v) is 17.3. The maximum absolute atomic E-state index is 5.94. The monoisotopic (exact) mass is 331 g/mol. The van der Waals surface area contributed by atoms with Gasteiger partial charge in [0.1, 0.15) is 0 Å². The Kier molecular flexibility index (Phi) is 12.5. The minimum absolute atomic E-state index is 0.870. The molecule has 0 unspecified atom stereocenters. The fraction of sp³-hybridized carbons (Fsp3) is 1.00. The molecule has 0 aliphatic heterocycles. The molecule has 0 aromatic carbocycles. The summed E-state index contributed by atoms with van der Waals surface area (Å²) in [6.45, 7) is 13.7. The maximum atomic E-state index is 5.94. The van der Waals surface area contributed by atoms with Crippen molar-refractivity contribution < 1.29 is 4.43 Å². The highest BCUT2D eigenvalue weighted by atomic mass is 28.4. The van der Waals surface area contributed by atoms with Crippen LogP contribution in [0.5, 0.6) is 0 Å². The van der Waals surface area contributed by atoms with Gasteiger partial charge in [0, 0.05) is 6.61 Å². The van der Waals surface area contributed by atoms with E-state index < -0.39 is 8.32 Å². The second-order valence-electron chi connectivity index (χ2n) is 7.45. The van der Waals surface area contributed by atoms with Gasteiger partial charge >= 0.3 is 0 Å². The van der Waals surface area contributed by atoms with Crippen molar-refractivity contribution in [2.24, 2.45) is 0 Å². The van der Waals surface area contributed by atoms with Crippen LogP contribution < -0.4 is 0 Å². The van der Waals surface area contributed by atoms with Crippen molar-refractivity contribution in [2.45, 2.75) is 45.3 Å². The average Bonchev–Trinajstić information content (AvgIpc) is 2.36. The summed E-state index contributed by atoms with van der Waals surface area (Å²) in [6.07, 6.45) is 3.81. The van der Waals surface area contributed by atoms with Gasteiger partial charge in [-0.05, 0) is 106 Å². The van der Waals surface area contributed by atoms with Crippen molar-refractivity contribution in [3.63, 3.8) is 0 Å². The first-order chi connectivity index (χ1) is 10.3. The second-order valence-corrected chi connectivity index (χ2v) is 11.8. The summed E-state index contributed by atoms with van der Waals surface area (Å²) in [5.74, 6) is 0. The summed E-state index contributed by atoms with van der Waals surface area (Å²) in [4.78, 5) is 7.22. The van der Waals surface area contributed by atoms with Crippen LogP contribution in [0.2, 0.25) is 19.1 Å². The van der Waals surface area contributed by atoms with Gasteiger partial charge in [-0.2, -0.15) is 0 Å². The maximum Gasteiger partial charge on any atom is 0.186 e. The Balaban J connectivity index is 4.09. The molecule has 4 nitrogen and oxygen atoms in total. The summed E-state index contributed by atoms with van der Waals surface area (Å²) in [5, 5.41) is 0. The first kappa shape index (κ1) is 22.1. The molecule has 0 rings (SSSR count). The van der Waals surface area contributed by atoms with Gasteiger partial charge in [-0.1, -0.05) is 0 Å². The minimum atomic E-state index is -1.41. The lowest BCUT2D eigenvalue weighted by atomic mass is 10.3. The third-order valence-corrected chi connectivity index (χ3v) is 6.58. The Morgan fingerprint density at radius 3 is 1.59 bits per heavy atom. The molecule has 0 saturated carbocycles. The molecule has 0 aliphatic carbocycles. The van der Waals surface area contributed by atoms with Crippen LogP contribution in [-0.2, 0) is 4.43 Å². The normalized spacial score (nSPS) is 12.8. The quantitative estimate of drug-likeness (QED) is 0.456. The second kappa shape index (κ2) is 12.5. The highest BCUT2D eigenvalue weighted by Gasteiger charge is 2.21. The van der Waals surface area contributed by atoms with Gasteiger partial charge in [0.25, 0.3) is 0 Å². The van der Waals surface area contributed by atoms with Gasteiger partial charge in [-0.3, -0.25) is 0 Å². The lowest BCUT2D eigenvalue weighted by molar-refractivity contribution is 0.239. The molecule has 0 N–H and O–H groups in total. The Morgan fingerprint density at radius 2 is 1.18 bits per heavy atom. The zero-order valence-electron chi connectivity index (χ0n) is 16.3. The molecule has 0 aromatic heterocycles. The largest absolute Gasteiger partial charge is 0.418 e. The number of nitrogens with zero attached hydrogens (tertiary/aromatic N) is 3. The Morgan fingerprint density at radius 1 is 0.727 bits per heavy atom. The molecule has 0 spiro atoms. The summed E-state index contributed by atoms with van der Waals surface area (Å²) < 4.78 is 5.94. The van der Waals surface area contributed by atoms with E-state index in [0.717, 1.165) is 6.61 Å². The zero-order chi connectivity index (χ0) is 17.0. The highest BCUT2D eigenvalue weighted by molar-refractivity contribution is 6.71. The predicted molar refractivity (Wildman–Crippen MR) is 101 cm³/mol.